The Kier molecular flexibility index (Phi) is 15.6. The molecule has 0 bridgehead atoms. The molecule has 0 spiro atoms. The summed E-state index contributed by atoms with van der Waals surface area (Å²) in [4.78, 5) is 11.4. The molecule has 1 saturated carbocycles. The van der Waals surface area contributed by atoms with Gasteiger partial charge in [0.05, 0.1) is 25.4 Å². The molecule has 8 heteroatoms. The first-order valence-corrected chi connectivity index (χ1v) is 25.2. The smallest absolute Gasteiger partial charge is 0.305 e. The molecule has 1 rings (SSSR count). The molecule has 38 heavy (non-hydrogen) atoms. The zero-order chi connectivity index (χ0) is 29.0. The van der Waals surface area contributed by atoms with E-state index in [-0.39, 0.29) is 24.3 Å². The van der Waals surface area contributed by atoms with E-state index in [9.17, 15) is 4.79 Å². The Labute approximate surface area is 238 Å². The maximum absolute atomic E-state index is 11.4. The summed E-state index contributed by atoms with van der Waals surface area (Å²) in [6, 6.07) is 0. The third-order valence-electron chi connectivity index (χ3n) is 6.58. The summed E-state index contributed by atoms with van der Waals surface area (Å²) in [7, 11) is -3.66. The van der Waals surface area contributed by atoms with Gasteiger partial charge in [0, 0.05) is 12.3 Å². The van der Waals surface area contributed by atoms with Crippen LogP contribution in [-0.2, 0) is 22.8 Å². The van der Waals surface area contributed by atoms with E-state index in [1.165, 1.54) is 26.4 Å². The normalized spacial score (nSPS) is 24.0. The minimum absolute atomic E-state index is 0.136. The van der Waals surface area contributed by atoms with Crippen molar-refractivity contribution < 1.29 is 22.8 Å². The summed E-state index contributed by atoms with van der Waals surface area (Å²) in [6.45, 7) is 22.8. The Hall–Kier alpha value is -0.519. The SMILES string of the molecule is CCCCCC(C=CC1C(O[Si](C)(C)C)CC(O[Si](C)(C)C)C1CC=CCCCC(=O)OC)O[Si](C)(C)C. The lowest BCUT2D eigenvalue weighted by atomic mass is 9.89. The minimum Gasteiger partial charge on any atom is -0.469 e. The average molecular weight is 585 g/mol. The van der Waals surface area contributed by atoms with Crippen molar-refractivity contribution in [3.63, 3.8) is 0 Å². The lowest BCUT2D eigenvalue weighted by Gasteiger charge is -2.30. The molecule has 0 aromatic rings. The number of hydrogen-bond donors (Lipinski definition) is 0. The van der Waals surface area contributed by atoms with E-state index in [1.54, 1.807) is 0 Å². The van der Waals surface area contributed by atoms with Crippen molar-refractivity contribution in [3.05, 3.63) is 24.3 Å². The van der Waals surface area contributed by atoms with E-state index >= 15 is 0 Å². The van der Waals surface area contributed by atoms with Crippen molar-refractivity contribution in [1.29, 1.82) is 0 Å². The second-order valence-electron chi connectivity index (χ2n) is 13.8. The quantitative estimate of drug-likeness (QED) is 0.0698. The number of ether oxygens (including phenoxy) is 1. The van der Waals surface area contributed by atoms with E-state index in [4.69, 9.17) is 18.0 Å². The number of carbonyl (C=O) groups is 1. The second-order valence-corrected chi connectivity index (χ2v) is 27.2. The van der Waals surface area contributed by atoms with Gasteiger partial charge in [0.15, 0.2) is 25.0 Å². The Balaban J connectivity index is 3.18. The van der Waals surface area contributed by atoms with Crippen LogP contribution in [0.5, 0.6) is 0 Å². The van der Waals surface area contributed by atoms with Crippen LogP contribution in [0.25, 0.3) is 0 Å². The highest BCUT2D eigenvalue weighted by Crippen LogP contribution is 2.42. The summed E-state index contributed by atoms with van der Waals surface area (Å²) in [5, 5.41) is 0. The third kappa shape index (κ3) is 15.9. The van der Waals surface area contributed by atoms with Gasteiger partial charge < -0.3 is 18.0 Å². The molecule has 5 unspecified atom stereocenters. The van der Waals surface area contributed by atoms with Gasteiger partial charge in [-0.25, -0.2) is 0 Å². The Bertz CT molecular complexity index is 734. The van der Waals surface area contributed by atoms with Crippen LogP contribution in [0.4, 0.5) is 0 Å². The van der Waals surface area contributed by atoms with Gasteiger partial charge in [-0.05, 0) is 96.9 Å². The predicted octanol–water partition coefficient (Wildman–Crippen LogP) is 8.71. The summed E-state index contributed by atoms with van der Waals surface area (Å²) < 4.78 is 25.0. The Morgan fingerprint density at radius 3 is 2.05 bits per heavy atom. The van der Waals surface area contributed by atoms with E-state index in [0.717, 1.165) is 32.1 Å². The zero-order valence-electron chi connectivity index (χ0n) is 26.6. The van der Waals surface area contributed by atoms with Gasteiger partial charge in [0.1, 0.15) is 0 Å². The van der Waals surface area contributed by atoms with Gasteiger partial charge >= 0.3 is 5.97 Å². The van der Waals surface area contributed by atoms with Crippen molar-refractivity contribution in [2.75, 3.05) is 7.11 Å². The fourth-order valence-electron chi connectivity index (χ4n) is 5.16. The number of allylic oxidation sites excluding steroid dienone is 2. The molecule has 1 aliphatic carbocycles. The van der Waals surface area contributed by atoms with Gasteiger partial charge in [-0.2, -0.15) is 0 Å². The lowest BCUT2D eigenvalue weighted by molar-refractivity contribution is -0.140. The maximum atomic E-state index is 11.4. The van der Waals surface area contributed by atoms with Crippen LogP contribution in [0.2, 0.25) is 58.9 Å². The Morgan fingerprint density at radius 2 is 1.50 bits per heavy atom. The number of methoxy groups -OCH3 is 1. The topological polar surface area (TPSA) is 54.0 Å². The first-order chi connectivity index (χ1) is 17.5. The zero-order valence-corrected chi connectivity index (χ0v) is 29.6. The van der Waals surface area contributed by atoms with Gasteiger partial charge in [-0.3, -0.25) is 4.79 Å². The van der Waals surface area contributed by atoms with E-state index in [1.807, 2.05) is 0 Å². The van der Waals surface area contributed by atoms with Crippen molar-refractivity contribution in [3.8, 4) is 0 Å². The number of carbonyl (C=O) groups excluding carboxylic acids is 1. The fourth-order valence-corrected chi connectivity index (χ4v) is 8.61. The number of esters is 1. The summed E-state index contributed by atoms with van der Waals surface area (Å²) in [6.07, 6.45) is 18.7. The molecule has 0 amide bonds. The molecule has 0 heterocycles. The maximum Gasteiger partial charge on any atom is 0.305 e. The molecule has 222 valence electrons. The van der Waals surface area contributed by atoms with Crippen molar-refractivity contribution in [2.24, 2.45) is 11.8 Å². The van der Waals surface area contributed by atoms with Gasteiger partial charge in [0.25, 0.3) is 0 Å². The van der Waals surface area contributed by atoms with Crippen molar-refractivity contribution in [1.82, 2.24) is 0 Å². The van der Waals surface area contributed by atoms with E-state index in [0.29, 0.717) is 18.3 Å². The first-order valence-electron chi connectivity index (χ1n) is 15.0. The molecule has 0 radical (unpaired) electrons. The van der Waals surface area contributed by atoms with Crippen LogP contribution in [0.3, 0.4) is 0 Å². The molecule has 5 nitrogen and oxygen atoms in total. The van der Waals surface area contributed by atoms with Crippen LogP contribution in [0, 0.1) is 11.8 Å². The number of hydrogen-bond acceptors (Lipinski definition) is 5. The fraction of sp³-hybridized carbons (Fsp3) is 0.833. The van der Waals surface area contributed by atoms with Crippen LogP contribution in [0.1, 0.15) is 64.7 Å². The number of rotatable bonds is 18. The van der Waals surface area contributed by atoms with Gasteiger partial charge in [-0.1, -0.05) is 50.5 Å². The highest BCUT2D eigenvalue weighted by Gasteiger charge is 2.45. The van der Waals surface area contributed by atoms with Crippen LogP contribution >= 0.6 is 0 Å². The van der Waals surface area contributed by atoms with Crippen LogP contribution in [-0.4, -0.2) is 56.3 Å². The first kappa shape index (κ1) is 35.5. The molecule has 0 saturated heterocycles. The highest BCUT2D eigenvalue weighted by atomic mass is 28.4. The second kappa shape index (κ2) is 16.7. The standard InChI is InChI=1S/C30H60O5Si3/c1-12-13-16-19-25(33-36(3,4)5)22-23-27-26(20-17-14-15-18-21-30(31)32-2)28(34-37(6,7)8)24-29(27)35-38(9,10)11/h14,17,22-23,25-29H,12-13,15-16,18-21,24H2,1-11H3. The van der Waals surface area contributed by atoms with Gasteiger partial charge in [0.2, 0.25) is 0 Å². The lowest BCUT2D eigenvalue weighted by Crippen LogP contribution is -2.35. The number of unbranched alkanes of at least 4 members (excludes halogenated alkanes) is 3. The predicted molar refractivity (Wildman–Crippen MR) is 169 cm³/mol. The van der Waals surface area contributed by atoms with Crippen LogP contribution < -0.4 is 0 Å². The molecular weight excluding hydrogens is 525 g/mol. The van der Waals surface area contributed by atoms with Crippen LogP contribution in [0.15, 0.2) is 24.3 Å². The largest absolute Gasteiger partial charge is 0.469 e. The molecule has 0 N–H and O–H groups in total. The molecule has 0 aromatic heterocycles. The molecule has 0 aromatic carbocycles. The summed E-state index contributed by atoms with van der Waals surface area (Å²) in [5.41, 5.74) is 0. The molecule has 1 fully saturated rings. The highest BCUT2D eigenvalue weighted by molar-refractivity contribution is 6.70. The average Bonchev–Trinajstić information content (AvgIpc) is 3.05. The minimum atomic E-state index is -1.73. The van der Waals surface area contributed by atoms with E-state index < -0.39 is 25.0 Å². The molecule has 5 atom stereocenters. The molecule has 1 aliphatic rings. The third-order valence-corrected chi connectivity index (χ3v) is 9.60. The Morgan fingerprint density at radius 1 is 0.868 bits per heavy atom. The van der Waals surface area contributed by atoms with Crippen molar-refractivity contribution in [2.45, 2.75) is 142 Å². The summed E-state index contributed by atoms with van der Waals surface area (Å²) >= 11 is 0. The molecule has 0 aliphatic heterocycles. The monoisotopic (exact) mass is 584 g/mol. The van der Waals surface area contributed by atoms with Gasteiger partial charge in [-0.15, -0.1) is 0 Å². The van der Waals surface area contributed by atoms with E-state index in [2.05, 4.69) is 90.2 Å². The van der Waals surface area contributed by atoms with Crippen molar-refractivity contribution >= 4 is 30.9 Å². The summed E-state index contributed by atoms with van der Waals surface area (Å²) in [5.74, 6) is 0.546. The molecular formula is C30H60O5Si3.